The van der Waals surface area contributed by atoms with Crippen LogP contribution in [0.2, 0.25) is 0 Å². The highest BCUT2D eigenvalue weighted by Gasteiger charge is 2.31. The van der Waals surface area contributed by atoms with Gasteiger partial charge < -0.3 is 0 Å². The van der Waals surface area contributed by atoms with Crippen LogP contribution in [0.3, 0.4) is 0 Å². The summed E-state index contributed by atoms with van der Waals surface area (Å²) in [6.07, 6.45) is 2.79. The molecule has 0 unspecified atom stereocenters. The first-order valence-corrected chi connectivity index (χ1v) is 6.16. The van der Waals surface area contributed by atoms with Crippen molar-refractivity contribution in [3.63, 3.8) is 0 Å². The lowest BCUT2D eigenvalue weighted by atomic mass is 10.1. The molecule has 2 aliphatic rings. The van der Waals surface area contributed by atoms with Crippen molar-refractivity contribution in [2.24, 2.45) is 5.92 Å². The van der Waals surface area contributed by atoms with Crippen molar-refractivity contribution in [1.82, 2.24) is 9.80 Å². The average molecular weight is 210 g/mol. The van der Waals surface area contributed by atoms with E-state index in [1.807, 2.05) is 13.8 Å². The number of hydrogen-bond acceptors (Lipinski definition) is 3. The first-order valence-electron chi connectivity index (χ1n) is 6.16. The van der Waals surface area contributed by atoms with Crippen LogP contribution in [-0.2, 0) is 4.79 Å². The van der Waals surface area contributed by atoms with Gasteiger partial charge in [-0.2, -0.15) is 0 Å². The fraction of sp³-hybridized carbons (Fsp3) is 0.917. The number of carbonyl (C=O) groups is 1. The van der Waals surface area contributed by atoms with Gasteiger partial charge in [0.05, 0.1) is 6.54 Å². The maximum absolute atomic E-state index is 11.6. The Morgan fingerprint density at radius 1 is 1.20 bits per heavy atom. The van der Waals surface area contributed by atoms with E-state index in [0.29, 0.717) is 12.3 Å². The number of rotatable bonds is 4. The van der Waals surface area contributed by atoms with Gasteiger partial charge in [-0.3, -0.25) is 14.6 Å². The Labute approximate surface area is 92.4 Å². The number of hydrogen-bond donors (Lipinski definition) is 0. The number of ketones is 1. The molecule has 0 aromatic rings. The lowest BCUT2D eigenvalue weighted by molar-refractivity contribution is -0.123. The largest absolute Gasteiger partial charge is 0.298 e. The molecule has 1 aliphatic heterocycles. The molecule has 0 N–H and O–H groups in total. The molecular formula is C12H22N2O. The summed E-state index contributed by atoms with van der Waals surface area (Å²) in [5.74, 6) is 0.571. The van der Waals surface area contributed by atoms with Gasteiger partial charge in [-0.15, -0.1) is 0 Å². The summed E-state index contributed by atoms with van der Waals surface area (Å²) in [4.78, 5) is 16.5. The summed E-state index contributed by atoms with van der Waals surface area (Å²) in [7, 11) is 0. The second-order valence-electron chi connectivity index (χ2n) is 5.16. The molecule has 0 aromatic heterocycles. The van der Waals surface area contributed by atoms with Crippen molar-refractivity contribution >= 4 is 5.78 Å². The third-order valence-corrected chi connectivity index (χ3v) is 3.49. The van der Waals surface area contributed by atoms with E-state index in [1.165, 1.54) is 12.8 Å². The number of piperazine rings is 1. The van der Waals surface area contributed by atoms with E-state index in [1.54, 1.807) is 0 Å². The number of nitrogens with zero attached hydrogens (tertiary/aromatic N) is 2. The smallest absolute Gasteiger partial charge is 0.149 e. The predicted molar refractivity (Wildman–Crippen MR) is 60.9 cm³/mol. The zero-order valence-corrected chi connectivity index (χ0v) is 9.91. The van der Waals surface area contributed by atoms with Gasteiger partial charge >= 0.3 is 0 Å². The normalized spacial score (nSPS) is 24.7. The predicted octanol–water partition coefficient (Wildman–Crippen LogP) is 0.991. The van der Waals surface area contributed by atoms with E-state index < -0.39 is 0 Å². The SMILES string of the molecule is CC(C)C(=O)CN1CCN(C2CC2)CC1. The molecule has 1 saturated carbocycles. The molecule has 0 spiro atoms. The van der Waals surface area contributed by atoms with Gasteiger partial charge in [-0.25, -0.2) is 0 Å². The van der Waals surface area contributed by atoms with Gasteiger partial charge in [-0.05, 0) is 12.8 Å². The van der Waals surface area contributed by atoms with Crippen LogP contribution in [0.5, 0.6) is 0 Å². The molecule has 1 aliphatic carbocycles. The highest BCUT2D eigenvalue weighted by atomic mass is 16.1. The third-order valence-electron chi connectivity index (χ3n) is 3.49. The minimum absolute atomic E-state index is 0.187. The Morgan fingerprint density at radius 2 is 1.80 bits per heavy atom. The molecule has 0 radical (unpaired) electrons. The van der Waals surface area contributed by atoms with Gasteiger partial charge in [0.1, 0.15) is 5.78 Å². The summed E-state index contributed by atoms with van der Waals surface area (Å²) in [6, 6.07) is 0.882. The van der Waals surface area contributed by atoms with Crippen molar-refractivity contribution in [2.75, 3.05) is 32.7 Å². The van der Waals surface area contributed by atoms with Crippen LogP contribution in [0, 0.1) is 5.92 Å². The monoisotopic (exact) mass is 210 g/mol. The van der Waals surface area contributed by atoms with Gasteiger partial charge in [0.2, 0.25) is 0 Å². The zero-order chi connectivity index (χ0) is 10.8. The lowest BCUT2D eigenvalue weighted by Gasteiger charge is -2.34. The molecule has 0 bridgehead atoms. The fourth-order valence-electron chi connectivity index (χ4n) is 2.13. The third kappa shape index (κ3) is 3.02. The van der Waals surface area contributed by atoms with Crippen molar-refractivity contribution in [3.8, 4) is 0 Å². The second kappa shape index (κ2) is 4.62. The summed E-state index contributed by atoms with van der Waals surface area (Å²) in [5, 5.41) is 0. The van der Waals surface area contributed by atoms with E-state index in [9.17, 15) is 4.79 Å². The second-order valence-corrected chi connectivity index (χ2v) is 5.16. The molecule has 2 rings (SSSR count). The van der Waals surface area contributed by atoms with Crippen molar-refractivity contribution in [1.29, 1.82) is 0 Å². The highest BCUT2D eigenvalue weighted by molar-refractivity contribution is 5.82. The van der Waals surface area contributed by atoms with Crippen LogP contribution in [0.4, 0.5) is 0 Å². The van der Waals surface area contributed by atoms with E-state index in [2.05, 4.69) is 9.80 Å². The van der Waals surface area contributed by atoms with Gasteiger partial charge in [0.25, 0.3) is 0 Å². The standard InChI is InChI=1S/C12H22N2O/c1-10(2)12(15)9-13-5-7-14(8-6-13)11-3-4-11/h10-11H,3-9H2,1-2H3. The molecule has 0 amide bonds. The molecular weight excluding hydrogens is 188 g/mol. The minimum atomic E-state index is 0.187. The summed E-state index contributed by atoms with van der Waals surface area (Å²) < 4.78 is 0. The van der Waals surface area contributed by atoms with Crippen LogP contribution < -0.4 is 0 Å². The van der Waals surface area contributed by atoms with Crippen LogP contribution in [0.25, 0.3) is 0 Å². The van der Waals surface area contributed by atoms with Crippen LogP contribution in [-0.4, -0.2) is 54.3 Å². The average Bonchev–Trinajstić information content (AvgIpc) is 3.02. The van der Waals surface area contributed by atoms with Crippen molar-refractivity contribution < 1.29 is 4.79 Å². The quantitative estimate of drug-likeness (QED) is 0.691. The molecule has 2 fully saturated rings. The Bertz CT molecular complexity index is 228. The van der Waals surface area contributed by atoms with E-state index in [4.69, 9.17) is 0 Å². The van der Waals surface area contributed by atoms with E-state index >= 15 is 0 Å². The lowest BCUT2D eigenvalue weighted by Crippen LogP contribution is -2.48. The maximum atomic E-state index is 11.6. The first kappa shape index (κ1) is 11.1. The van der Waals surface area contributed by atoms with Gasteiger partial charge in [0.15, 0.2) is 0 Å². The van der Waals surface area contributed by atoms with E-state index in [0.717, 1.165) is 32.2 Å². The van der Waals surface area contributed by atoms with E-state index in [-0.39, 0.29) is 5.92 Å². The molecule has 1 heterocycles. The highest BCUT2D eigenvalue weighted by Crippen LogP contribution is 2.27. The molecule has 0 atom stereocenters. The molecule has 3 nitrogen and oxygen atoms in total. The summed E-state index contributed by atoms with van der Waals surface area (Å²) in [6.45, 7) is 9.12. The maximum Gasteiger partial charge on any atom is 0.149 e. The van der Waals surface area contributed by atoms with Gasteiger partial charge in [0, 0.05) is 38.1 Å². The molecule has 0 aromatic carbocycles. The Kier molecular flexibility index (Phi) is 3.42. The Morgan fingerprint density at radius 3 is 2.27 bits per heavy atom. The fourth-order valence-corrected chi connectivity index (χ4v) is 2.13. The topological polar surface area (TPSA) is 23.6 Å². The van der Waals surface area contributed by atoms with Gasteiger partial charge in [-0.1, -0.05) is 13.8 Å². The van der Waals surface area contributed by atoms with Crippen molar-refractivity contribution in [2.45, 2.75) is 32.7 Å². The molecule has 86 valence electrons. The van der Waals surface area contributed by atoms with Crippen LogP contribution in [0.15, 0.2) is 0 Å². The first-order chi connectivity index (χ1) is 7.16. The molecule has 3 heteroatoms. The van der Waals surface area contributed by atoms with Crippen LogP contribution >= 0.6 is 0 Å². The zero-order valence-electron chi connectivity index (χ0n) is 9.91. The molecule has 15 heavy (non-hydrogen) atoms. The van der Waals surface area contributed by atoms with Crippen molar-refractivity contribution in [3.05, 3.63) is 0 Å². The minimum Gasteiger partial charge on any atom is -0.298 e. The summed E-state index contributed by atoms with van der Waals surface area (Å²) in [5.41, 5.74) is 0. The van der Waals surface area contributed by atoms with Crippen LogP contribution in [0.1, 0.15) is 26.7 Å². The summed E-state index contributed by atoms with van der Waals surface area (Å²) >= 11 is 0. The number of carbonyl (C=O) groups excluding carboxylic acids is 1. The Balaban J connectivity index is 1.70. The Hall–Kier alpha value is -0.410. The molecule has 1 saturated heterocycles. The number of Topliss-reactive ketones (excluding diaryl/α,β-unsaturated/α-hetero) is 1.